The van der Waals surface area contributed by atoms with Gasteiger partial charge in [-0.25, -0.2) is 0 Å². The molecule has 0 aliphatic carbocycles. The van der Waals surface area contributed by atoms with E-state index in [1.807, 2.05) is 18.2 Å². The fourth-order valence-corrected chi connectivity index (χ4v) is 3.19. The zero-order chi connectivity index (χ0) is 13.8. The van der Waals surface area contributed by atoms with E-state index in [4.69, 9.17) is 9.05 Å². The molecule has 1 rings (SSSR count). The largest absolute Gasteiger partial charge is 0.331 e. The molecule has 1 aromatic rings. The SMILES string of the molecule is CCCCCCCOP(OCCC)c1ccccc1. The van der Waals surface area contributed by atoms with Crippen LogP contribution < -0.4 is 5.30 Å². The van der Waals surface area contributed by atoms with Crippen molar-refractivity contribution in [2.24, 2.45) is 0 Å². The van der Waals surface area contributed by atoms with Gasteiger partial charge < -0.3 is 9.05 Å². The summed E-state index contributed by atoms with van der Waals surface area (Å²) in [7, 11) is -0.886. The van der Waals surface area contributed by atoms with Crippen LogP contribution in [-0.4, -0.2) is 13.2 Å². The number of benzene rings is 1. The van der Waals surface area contributed by atoms with Crippen LogP contribution in [0.3, 0.4) is 0 Å². The Balaban J connectivity index is 2.30. The van der Waals surface area contributed by atoms with E-state index in [0.29, 0.717) is 0 Å². The van der Waals surface area contributed by atoms with E-state index >= 15 is 0 Å². The average Bonchev–Trinajstić information content (AvgIpc) is 2.46. The van der Waals surface area contributed by atoms with E-state index in [1.165, 1.54) is 31.0 Å². The van der Waals surface area contributed by atoms with Crippen molar-refractivity contribution in [2.75, 3.05) is 13.2 Å². The summed E-state index contributed by atoms with van der Waals surface area (Å²) in [6.07, 6.45) is 7.38. The predicted molar refractivity (Wildman–Crippen MR) is 84.0 cm³/mol. The van der Waals surface area contributed by atoms with Gasteiger partial charge in [-0.2, -0.15) is 0 Å². The maximum atomic E-state index is 5.95. The first-order chi connectivity index (χ1) is 9.38. The number of unbranched alkanes of at least 4 members (excludes halogenated alkanes) is 4. The van der Waals surface area contributed by atoms with Gasteiger partial charge in [-0.1, -0.05) is 57.7 Å². The minimum absolute atomic E-state index is 0.774. The summed E-state index contributed by atoms with van der Waals surface area (Å²) in [6.45, 7) is 5.96. The molecule has 0 saturated carbocycles. The molecule has 0 aliphatic rings. The third-order valence-corrected chi connectivity index (χ3v) is 4.39. The molecule has 1 atom stereocenters. The second-order valence-corrected chi connectivity index (χ2v) is 6.22. The van der Waals surface area contributed by atoms with Crippen LogP contribution >= 0.6 is 8.38 Å². The summed E-state index contributed by atoms with van der Waals surface area (Å²) < 4.78 is 11.8. The maximum Gasteiger partial charge on any atom is 0.205 e. The second-order valence-electron chi connectivity index (χ2n) is 4.67. The second kappa shape index (κ2) is 11.4. The minimum atomic E-state index is -0.886. The molecule has 3 heteroatoms. The van der Waals surface area contributed by atoms with E-state index in [-0.39, 0.29) is 0 Å². The van der Waals surface area contributed by atoms with Crippen LogP contribution in [0.4, 0.5) is 0 Å². The Morgan fingerprint density at radius 3 is 2.16 bits per heavy atom. The van der Waals surface area contributed by atoms with Crippen molar-refractivity contribution in [1.82, 2.24) is 0 Å². The van der Waals surface area contributed by atoms with Gasteiger partial charge in [-0.05, 0) is 25.0 Å². The lowest BCUT2D eigenvalue weighted by Crippen LogP contribution is -2.07. The molecule has 0 N–H and O–H groups in total. The first kappa shape index (κ1) is 16.6. The molecule has 0 heterocycles. The normalized spacial score (nSPS) is 12.5. The summed E-state index contributed by atoms with van der Waals surface area (Å²) in [5, 5.41) is 1.18. The van der Waals surface area contributed by atoms with Crippen molar-refractivity contribution >= 4 is 13.7 Å². The van der Waals surface area contributed by atoms with E-state index in [1.54, 1.807) is 0 Å². The summed E-state index contributed by atoms with van der Waals surface area (Å²) >= 11 is 0. The molecular weight excluding hydrogens is 255 g/mol. The summed E-state index contributed by atoms with van der Waals surface area (Å²) in [5.74, 6) is 0. The van der Waals surface area contributed by atoms with Gasteiger partial charge in [0.25, 0.3) is 0 Å². The van der Waals surface area contributed by atoms with Gasteiger partial charge in [-0.15, -0.1) is 0 Å². The molecule has 0 amide bonds. The van der Waals surface area contributed by atoms with E-state index < -0.39 is 8.38 Å². The van der Waals surface area contributed by atoms with Gasteiger partial charge >= 0.3 is 0 Å². The molecule has 1 unspecified atom stereocenters. The van der Waals surface area contributed by atoms with Crippen molar-refractivity contribution in [3.8, 4) is 0 Å². The standard InChI is InChI=1S/C16H27O2P/c1-3-5-6-7-11-15-18-19(17-14-4-2)16-12-9-8-10-13-16/h8-10,12-13H,3-7,11,14-15H2,1-2H3. The molecule has 0 saturated heterocycles. The Bertz CT molecular complexity index is 303. The molecule has 0 aromatic heterocycles. The molecule has 0 aliphatic heterocycles. The lowest BCUT2D eigenvalue weighted by Gasteiger charge is -2.17. The molecule has 0 fully saturated rings. The van der Waals surface area contributed by atoms with Crippen molar-refractivity contribution in [2.45, 2.75) is 52.4 Å². The molecule has 0 spiro atoms. The molecule has 2 nitrogen and oxygen atoms in total. The van der Waals surface area contributed by atoms with Crippen molar-refractivity contribution < 1.29 is 9.05 Å². The first-order valence-corrected chi connectivity index (χ1v) is 8.67. The van der Waals surface area contributed by atoms with E-state index in [2.05, 4.69) is 26.0 Å². The third-order valence-electron chi connectivity index (χ3n) is 2.84. The van der Waals surface area contributed by atoms with Crippen LogP contribution in [0.15, 0.2) is 30.3 Å². The van der Waals surface area contributed by atoms with Crippen LogP contribution in [0.25, 0.3) is 0 Å². The Kier molecular flexibility index (Phi) is 9.98. The Morgan fingerprint density at radius 2 is 1.47 bits per heavy atom. The highest BCUT2D eigenvalue weighted by molar-refractivity contribution is 7.56. The maximum absolute atomic E-state index is 5.95. The monoisotopic (exact) mass is 282 g/mol. The average molecular weight is 282 g/mol. The number of hydrogen-bond acceptors (Lipinski definition) is 2. The number of hydrogen-bond donors (Lipinski definition) is 0. The van der Waals surface area contributed by atoms with Gasteiger partial charge in [0.1, 0.15) is 0 Å². The van der Waals surface area contributed by atoms with Crippen LogP contribution in [0.1, 0.15) is 52.4 Å². The van der Waals surface area contributed by atoms with Gasteiger partial charge in [0.2, 0.25) is 8.38 Å². The van der Waals surface area contributed by atoms with Crippen molar-refractivity contribution in [1.29, 1.82) is 0 Å². The van der Waals surface area contributed by atoms with Gasteiger partial charge in [0.15, 0.2) is 0 Å². The zero-order valence-corrected chi connectivity index (χ0v) is 13.2. The molecule has 0 radical (unpaired) electrons. The predicted octanol–water partition coefficient (Wildman–Crippen LogP) is 5.04. The van der Waals surface area contributed by atoms with Crippen LogP contribution in [0.5, 0.6) is 0 Å². The molecule has 1 aromatic carbocycles. The Labute approximate surface area is 119 Å². The minimum Gasteiger partial charge on any atom is -0.331 e. The quantitative estimate of drug-likeness (QED) is 0.418. The first-order valence-electron chi connectivity index (χ1n) is 7.49. The zero-order valence-electron chi connectivity index (χ0n) is 12.3. The fourth-order valence-electron chi connectivity index (χ4n) is 1.76. The number of rotatable bonds is 11. The Hall–Kier alpha value is -0.430. The highest BCUT2D eigenvalue weighted by atomic mass is 31.2. The summed E-state index contributed by atoms with van der Waals surface area (Å²) in [6, 6.07) is 10.3. The van der Waals surface area contributed by atoms with Crippen LogP contribution in [-0.2, 0) is 9.05 Å². The lowest BCUT2D eigenvalue weighted by molar-refractivity contribution is 0.251. The molecule has 0 bridgehead atoms. The molecular formula is C16H27O2P. The molecule has 108 valence electrons. The Morgan fingerprint density at radius 1 is 0.789 bits per heavy atom. The lowest BCUT2D eigenvalue weighted by atomic mass is 10.2. The summed E-state index contributed by atoms with van der Waals surface area (Å²) in [4.78, 5) is 0. The molecule has 19 heavy (non-hydrogen) atoms. The highest BCUT2D eigenvalue weighted by Crippen LogP contribution is 2.37. The van der Waals surface area contributed by atoms with Crippen LogP contribution in [0.2, 0.25) is 0 Å². The van der Waals surface area contributed by atoms with Gasteiger partial charge in [-0.3, -0.25) is 0 Å². The van der Waals surface area contributed by atoms with Crippen molar-refractivity contribution in [3.63, 3.8) is 0 Å². The third kappa shape index (κ3) is 7.67. The van der Waals surface area contributed by atoms with Crippen molar-refractivity contribution in [3.05, 3.63) is 30.3 Å². The van der Waals surface area contributed by atoms with Gasteiger partial charge in [0.05, 0.1) is 13.2 Å². The van der Waals surface area contributed by atoms with E-state index in [0.717, 1.165) is 26.1 Å². The highest BCUT2D eigenvalue weighted by Gasteiger charge is 2.12. The van der Waals surface area contributed by atoms with Gasteiger partial charge in [0, 0.05) is 5.30 Å². The summed E-state index contributed by atoms with van der Waals surface area (Å²) in [5.41, 5.74) is 0. The van der Waals surface area contributed by atoms with E-state index in [9.17, 15) is 0 Å². The topological polar surface area (TPSA) is 18.5 Å². The van der Waals surface area contributed by atoms with Crippen LogP contribution in [0, 0.1) is 0 Å². The smallest absolute Gasteiger partial charge is 0.205 e. The fraction of sp³-hybridized carbons (Fsp3) is 0.625.